The maximum Gasteiger partial charge on any atom is 0.213 e. The van der Waals surface area contributed by atoms with Crippen molar-refractivity contribution in [2.24, 2.45) is 4.99 Å². The lowest BCUT2D eigenvalue weighted by Gasteiger charge is -2.12. The molecule has 8 nitrogen and oxygen atoms in total. The van der Waals surface area contributed by atoms with Crippen LogP contribution >= 0.6 is 0 Å². The fourth-order valence-electron chi connectivity index (χ4n) is 2.34. The highest BCUT2D eigenvalue weighted by molar-refractivity contribution is 5.79. The van der Waals surface area contributed by atoms with Gasteiger partial charge in [-0.3, -0.25) is 0 Å². The minimum atomic E-state index is 0.559. The van der Waals surface area contributed by atoms with Crippen molar-refractivity contribution in [1.82, 2.24) is 30.4 Å². The van der Waals surface area contributed by atoms with Crippen LogP contribution in [0.25, 0.3) is 0 Å². The third-order valence-corrected chi connectivity index (χ3v) is 3.67. The van der Waals surface area contributed by atoms with E-state index in [1.165, 1.54) is 0 Å². The summed E-state index contributed by atoms with van der Waals surface area (Å²) in [5, 5.41) is 14.6. The molecule has 0 aliphatic rings. The van der Waals surface area contributed by atoms with Crippen molar-refractivity contribution in [2.75, 3.05) is 19.7 Å². The van der Waals surface area contributed by atoms with Gasteiger partial charge in [-0.2, -0.15) is 0 Å². The van der Waals surface area contributed by atoms with Gasteiger partial charge in [-0.15, -0.1) is 10.2 Å². The molecule has 0 aliphatic heterocycles. The summed E-state index contributed by atoms with van der Waals surface area (Å²) in [6.45, 7) is 9.80. The maximum atomic E-state index is 5.50. The van der Waals surface area contributed by atoms with Gasteiger partial charge in [0.05, 0.1) is 13.2 Å². The number of nitrogens with zero attached hydrogens (tertiary/aromatic N) is 5. The highest BCUT2D eigenvalue weighted by Gasteiger charge is 2.03. The number of hydrogen-bond donors (Lipinski definition) is 2. The second-order valence-corrected chi connectivity index (χ2v) is 5.77. The molecule has 0 saturated heterocycles. The molecule has 2 rings (SSSR count). The lowest BCUT2D eigenvalue weighted by atomic mass is 10.3. The topological polar surface area (TPSA) is 89.2 Å². The van der Waals surface area contributed by atoms with Gasteiger partial charge in [0.2, 0.25) is 5.88 Å². The van der Waals surface area contributed by atoms with Crippen LogP contribution in [-0.4, -0.2) is 45.4 Å². The fourth-order valence-corrected chi connectivity index (χ4v) is 2.34. The molecule has 0 radical (unpaired) electrons. The number of rotatable bonds is 10. The standard InChI is InChI=1S/C18H29N7O/c1-4-11-26-17-8-7-15(12-21-17)13-22-18(19-6-3)20-9-10-25-14-23-24-16(25)5-2/h7-8,12,14H,4-6,9-11,13H2,1-3H3,(H2,19,20,22). The summed E-state index contributed by atoms with van der Waals surface area (Å²) in [4.78, 5) is 8.92. The lowest BCUT2D eigenvalue weighted by molar-refractivity contribution is 0.305. The van der Waals surface area contributed by atoms with Gasteiger partial charge in [0.15, 0.2) is 5.96 Å². The zero-order valence-electron chi connectivity index (χ0n) is 15.9. The Bertz CT molecular complexity index is 666. The predicted octanol–water partition coefficient (Wildman–Crippen LogP) is 1.78. The van der Waals surface area contributed by atoms with E-state index in [4.69, 9.17) is 4.74 Å². The molecule has 0 unspecified atom stereocenters. The smallest absolute Gasteiger partial charge is 0.213 e. The van der Waals surface area contributed by atoms with E-state index in [0.717, 1.165) is 49.8 Å². The van der Waals surface area contributed by atoms with Gasteiger partial charge >= 0.3 is 0 Å². The lowest BCUT2D eigenvalue weighted by Crippen LogP contribution is -2.38. The van der Waals surface area contributed by atoms with Crippen LogP contribution in [0.3, 0.4) is 0 Å². The van der Waals surface area contributed by atoms with Gasteiger partial charge in [0.1, 0.15) is 12.2 Å². The van der Waals surface area contributed by atoms with Gasteiger partial charge in [0.25, 0.3) is 0 Å². The molecule has 8 heteroatoms. The number of hydrogen-bond acceptors (Lipinski definition) is 5. The second-order valence-electron chi connectivity index (χ2n) is 5.77. The summed E-state index contributed by atoms with van der Waals surface area (Å²) < 4.78 is 7.55. The summed E-state index contributed by atoms with van der Waals surface area (Å²) in [6.07, 6.45) is 5.42. The van der Waals surface area contributed by atoms with E-state index in [0.29, 0.717) is 19.0 Å². The molecule has 26 heavy (non-hydrogen) atoms. The van der Waals surface area contributed by atoms with E-state index in [1.807, 2.05) is 25.3 Å². The molecular weight excluding hydrogens is 330 g/mol. The Kier molecular flexibility index (Phi) is 8.38. The van der Waals surface area contributed by atoms with Crippen molar-refractivity contribution < 1.29 is 4.74 Å². The van der Waals surface area contributed by atoms with Crippen LogP contribution < -0.4 is 15.4 Å². The minimum absolute atomic E-state index is 0.559. The molecular formula is C18H29N7O. The number of pyridine rings is 1. The summed E-state index contributed by atoms with van der Waals surface area (Å²) >= 11 is 0. The van der Waals surface area contributed by atoms with E-state index >= 15 is 0 Å². The quantitative estimate of drug-likeness (QED) is 0.496. The Balaban J connectivity index is 1.85. The van der Waals surface area contributed by atoms with E-state index in [2.05, 4.69) is 49.2 Å². The van der Waals surface area contributed by atoms with Gasteiger partial charge < -0.3 is 19.9 Å². The molecule has 0 spiro atoms. The Hall–Kier alpha value is -2.64. The molecule has 2 N–H and O–H groups in total. The summed E-state index contributed by atoms with van der Waals surface area (Å²) in [5.41, 5.74) is 1.04. The highest BCUT2D eigenvalue weighted by Crippen LogP contribution is 2.08. The van der Waals surface area contributed by atoms with Crippen LogP contribution in [0.5, 0.6) is 5.88 Å². The molecule has 0 atom stereocenters. The number of aliphatic imine (C=N–C) groups is 1. The zero-order valence-corrected chi connectivity index (χ0v) is 15.9. The Morgan fingerprint density at radius 1 is 1.23 bits per heavy atom. The number of ether oxygens (including phenoxy) is 1. The third-order valence-electron chi connectivity index (χ3n) is 3.67. The number of aryl methyl sites for hydroxylation is 1. The number of nitrogens with one attached hydrogen (secondary N) is 2. The normalized spacial score (nSPS) is 11.4. The van der Waals surface area contributed by atoms with Gasteiger partial charge in [-0.05, 0) is 18.9 Å². The van der Waals surface area contributed by atoms with E-state index in [-0.39, 0.29) is 0 Å². The second kappa shape index (κ2) is 11.1. The molecule has 2 heterocycles. The monoisotopic (exact) mass is 359 g/mol. The first-order chi connectivity index (χ1) is 12.8. The van der Waals surface area contributed by atoms with Crippen LogP contribution in [0.15, 0.2) is 29.6 Å². The van der Waals surface area contributed by atoms with Crippen LogP contribution in [0.4, 0.5) is 0 Å². The van der Waals surface area contributed by atoms with Gasteiger partial charge in [-0.25, -0.2) is 9.98 Å². The molecule has 0 aromatic carbocycles. The largest absolute Gasteiger partial charge is 0.478 e. The van der Waals surface area contributed by atoms with Gasteiger partial charge in [-0.1, -0.05) is 19.9 Å². The van der Waals surface area contributed by atoms with Crippen LogP contribution in [0.1, 0.15) is 38.6 Å². The molecule has 0 amide bonds. The molecule has 0 aliphatic carbocycles. The zero-order chi connectivity index (χ0) is 18.6. The molecule has 0 bridgehead atoms. The number of aromatic nitrogens is 4. The average Bonchev–Trinajstić information content (AvgIpc) is 3.12. The summed E-state index contributed by atoms with van der Waals surface area (Å²) in [6, 6.07) is 3.88. The van der Waals surface area contributed by atoms with Crippen molar-refractivity contribution in [2.45, 2.75) is 46.7 Å². The first-order valence-electron chi connectivity index (χ1n) is 9.23. The SMILES string of the molecule is CCCOc1ccc(CN=C(NCC)NCCn2cnnc2CC)cn1. The summed E-state index contributed by atoms with van der Waals surface area (Å²) in [5.74, 6) is 2.43. The van der Waals surface area contributed by atoms with Crippen molar-refractivity contribution in [3.05, 3.63) is 36.0 Å². The van der Waals surface area contributed by atoms with Crippen LogP contribution in [0.2, 0.25) is 0 Å². The Labute approximate surface area is 155 Å². The molecule has 2 aromatic heterocycles. The first-order valence-corrected chi connectivity index (χ1v) is 9.23. The highest BCUT2D eigenvalue weighted by atomic mass is 16.5. The molecule has 142 valence electrons. The Morgan fingerprint density at radius 2 is 2.12 bits per heavy atom. The predicted molar refractivity (Wildman–Crippen MR) is 102 cm³/mol. The minimum Gasteiger partial charge on any atom is -0.478 e. The van der Waals surface area contributed by atoms with Crippen molar-refractivity contribution in [1.29, 1.82) is 0 Å². The van der Waals surface area contributed by atoms with Gasteiger partial charge in [0, 0.05) is 38.3 Å². The van der Waals surface area contributed by atoms with Crippen LogP contribution in [-0.2, 0) is 19.5 Å². The summed E-state index contributed by atoms with van der Waals surface area (Å²) in [7, 11) is 0. The first kappa shape index (κ1) is 19.7. The fraction of sp³-hybridized carbons (Fsp3) is 0.556. The molecule has 0 fully saturated rings. The van der Waals surface area contributed by atoms with E-state index < -0.39 is 0 Å². The van der Waals surface area contributed by atoms with E-state index in [9.17, 15) is 0 Å². The van der Waals surface area contributed by atoms with E-state index in [1.54, 1.807) is 6.33 Å². The van der Waals surface area contributed by atoms with Crippen molar-refractivity contribution >= 4 is 5.96 Å². The third kappa shape index (κ3) is 6.34. The average molecular weight is 359 g/mol. The van der Waals surface area contributed by atoms with Crippen LogP contribution in [0, 0.1) is 0 Å². The van der Waals surface area contributed by atoms with Crippen molar-refractivity contribution in [3.63, 3.8) is 0 Å². The number of guanidine groups is 1. The molecule has 2 aromatic rings. The maximum absolute atomic E-state index is 5.50. The Morgan fingerprint density at radius 3 is 2.81 bits per heavy atom. The van der Waals surface area contributed by atoms with Crippen molar-refractivity contribution in [3.8, 4) is 5.88 Å². The molecule has 0 saturated carbocycles.